The van der Waals surface area contributed by atoms with Crippen molar-refractivity contribution in [3.05, 3.63) is 87.9 Å². The minimum atomic E-state index is -0.179. The molecular weight excluding hydrogens is 435 g/mol. The Morgan fingerprint density at radius 1 is 0.903 bits per heavy atom. The number of ether oxygens (including phenoxy) is 1. The van der Waals surface area contributed by atoms with Gasteiger partial charge in [0.05, 0.1) is 11.6 Å². The third kappa shape index (κ3) is 7.02. The summed E-state index contributed by atoms with van der Waals surface area (Å²) in [5, 5.41) is 6.65. The Balaban J connectivity index is 1.42. The van der Waals surface area contributed by atoms with Gasteiger partial charge in [0.15, 0.2) is 0 Å². The first-order valence-corrected chi connectivity index (χ1v) is 10.5. The third-order valence-electron chi connectivity index (χ3n) is 4.41. The van der Waals surface area contributed by atoms with Crippen LogP contribution in [0.3, 0.4) is 0 Å². The fraction of sp³-hybridized carbons (Fsp3) is 0.167. The Labute approximate surface area is 191 Å². The number of nitrogens with one attached hydrogen (secondary N) is 2. The first-order chi connectivity index (χ1) is 14.9. The molecule has 0 aliphatic rings. The molecule has 2 amide bonds. The maximum atomic E-state index is 12.3. The lowest BCUT2D eigenvalue weighted by atomic mass is 10.1. The molecule has 160 valence electrons. The van der Waals surface area contributed by atoms with Gasteiger partial charge in [0.2, 0.25) is 5.91 Å². The van der Waals surface area contributed by atoms with Gasteiger partial charge in [-0.1, -0.05) is 40.9 Å². The molecule has 0 aromatic heterocycles. The van der Waals surface area contributed by atoms with Crippen molar-refractivity contribution in [3.63, 3.8) is 0 Å². The molecule has 0 spiro atoms. The van der Waals surface area contributed by atoms with E-state index in [1.807, 2.05) is 25.1 Å². The van der Waals surface area contributed by atoms with E-state index in [-0.39, 0.29) is 11.8 Å². The summed E-state index contributed by atoms with van der Waals surface area (Å²) >= 11 is 11.9. The van der Waals surface area contributed by atoms with Crippen molar-refractivity contribution in [2.75, 3.05) is 17.2 Å². The standard InChI is InChI=1S/C24H22Cl2N2O3/c1-16-4-2-5-17(14-16)24(30)28-20-10-8-19(9-11-20)27-23(29)6-3-13-31-22-12-7-18(25)15-21(22)26/h2,4-5,7-12,14-15H,3,6,13H2,1H3,(H,27,29)(H,28,30). The van der Waals surface area contributed by atoms with E-state index in [4.69, 9.17) is 27.9 Å². The molecule has 0 aliphatic heterocycles. The Morgan fingerprint density at radius 2 is 1.61 bits per heavy atom. The minimum Gasteiger partial charge on any atom is -0.492 e. The van der Waals surface area contributed by atoms with Crippen molar-refractivity contribution in [1.82, 2.24) is 0 Å². The quantitative estimate of drug-likeness (QED) is 0.387. The molecule has 0 unspecified atom stereocenters. The number of benzene rings is 3. The number of halogens is 2. The van der Waals surface area contributed by atoms with Gasteiger partial charge in [0, 0.05) is 28.4 Å². The third-order valence-corrected chi connectivity index (χ3v) is 4.94. The Bertz CT molecular complexity index is 1070. The van der Waals surface area contributed by atoms with E-state index >= 15 is 0 Å². The van der Waals surface area contributed by atoms with Gasteiger partial charge in [0.1, 0.15) is 5.75 Å². The number of carbonyl (C=O) groups excluding carboxylic acids is 2. The normalized spacial score (nSPS) is 10.4. The van der Waals surface area contributed by atoms with Gasteiger partial charge in [-0.05, 0) is 67.9 Å². The molecular formula is C24H22Cl2N2O3. The fourth-order valence-corrected chi connectivity index (χ4v) is 3.32. The number of amides is 2. The number of hydrogen-bond donors (Lipinski definition) is 2. The molecule has 5 nitrogen and oxygen atoms in total. The smallest absolute Gasteiger partial charge is 0.255 e. The zero-order chi connectivity index (χ0) is 22.2. The molecule has 3 aromatic rings. The maximum absolute atomic E-state index is 12.3. The highest BCUT2D eigenvalue weighted by molar-refractivity contribution is 6.35. The average molecular weight is 457 g/mol. The van der Waals surface area contributed by atoms with Crippen molar-refractivity contribution in [1.29, 1.82) is 0 Å². The molecule has 0 saturated heterocycles. The molecule has 0 heterocycles. The second-order valence-electron chi connectivity index (χ2n) is 6.98. The molecule has 0 atom stereocenters. The summed E-state index contributed by atoms with van der Waals surface area (Å²) in [4.78, 5) is 24.4. The lowest BCUT2D eigenvalue weighted by molar-refractivity contribution is -0.116. The molecule has 2 N–H and O–H groups in total. The number of rotatable bonds is 8. The molecule has 31 heavy (non-hydrogen) atoms. The van der Waals surface area contributed by atoms with Crippen LogP contribution in [0.2, 0.25) is 10.0 Å². The second-order valence-corrected chi connectivity index (χ2v) is 7.82. The van der Waals surface area contributed by atoms with Crippen molar-refractivity contribution in [2.45, 2.75) is 19.8 Å². The van der Waals surface area contributed by atoms with E-state index < -0.39 is 0 Å². The summed E-state index contributed by atoms with van der Waals surface area (Å²) in [7, 11) is 0. The average Bonchev–Trinajstić information content (AvgIpc) is 2.74. The summed E-state index contributed by atoms with van der Waals surface area (Å²) < 4.78 is 5.58. The highest BCUT2D eigenvalue weighted by atomic mass is 35.5. The van der Waals surface area contributed by atoms with Crippen LogP contribution in [-0.2, 0) is 4.79 Å². The molecule has 0 bridgehead atoms. The molecule has 0 aliphatic carbocycles. The van der Waals surface area contributed by atoms with Crippen molar-refractivity contribution >= 4 is 46.4 Å². The number of hydrogen-bond acceptors (Lipinski definition) is 3. The number of carbonyl (C=O) groups is 2. The van der Waals surface area contributed by atoms with Gasteiger partial charge in [-0.15, -0.1) is 0 Å². The van der Waals surface area contributed by atoms with Crippen LogP contribution in [0.25, 0.3) is 0 Å². The van der Waals surface area contributed by atoms with E-state index in [0.717, 1.165) is 5.56 Å². The molecule has 0 radical (unpaired) electrons. The van der Waals surface area contributed by atoms with E-state index in [1.54, 1.807) is 48.5 Å². The van der Waals surface area contributed by atoms with E-state index in [0.29, 0.717) is 52.2 Å². The molecule has 3 rings (SSSR count). The summed E-state index contributed by atoms with van der Waals surface area (Å²) in [5.41, 5.74) is 2.92. The Hall–Kier alpha value is -3.02. The van der Waals surface area contributed by atoms with Crippen LogP contribution in [0, 0.1) is 6.92 Å². The highest BCUT2D eigenvalue weighted by Crippen LogP contribution is 2.27. The first kappa shape index (κ1) is 22.7. The minimum absolute atomic E-state index is 0.123. The van der Waals surface area contributed by atoms with Gasteiger partial charge in [-0.2, -0.15) is 0 Å². The topological polar surface area (TPSA) is 67.4 Å². The van der Waals surface area contributed by atoms with Crippen LogP contribution in [0.1, 0.15) is 28.8 Å². The first-order valence-electron chi connectivity index (χ1n) is 9.76. The SMILES string of the molecule is Cc1cccc(C(=O)Nc2ccc(NC(=O)CCCOc3ccc(Cl)cc3Cl)cc2)c1. The van der Waals surface area contributed by atoms with Gasteiger partial charge in [0.25, 0.3) is 5.91 Å². The van der Waals surface area contributed by atoms with Crippen LogP contribution >= 0.6 is 23.2 Å². The zero-order valence-electron chi connectivity index (χ0n) is 17.0. The molecule has 7 heteroatoms. The molecule has 0 saturated carbocycles. The van der Waals surface area contributed by atoms with Crippen molar-refractivity contribution in [3.8, 4) is 5.75 Å². The fourth-order valence-electron chi connectivity index (χ4n) is 2.86. The van der Waals surface area contributed by atoms with Gasteiger partial charge in [-0.3, -0.25) is 9.59 Å². The lowest BCUT2D eigenvalue weighted by Gasteiger charge is -2.10. The van der Waals surface area contributed by atoms with Crippen LogP contribution < -0.4 is 15.4 Å². The van der Waals surface area contributed by atoms with E-state index in [2.05, 4.69) is 10.6 Å². The van der Waals surface area contributed by atoms with Crippen molar-refractivity contribution < 1.29 is 14.3 Å². The van der Waals surface area contributed by atoms with Crippen LogP contribution in [0.15, 0.2) is 66.7 Å². The van der Waals surface area contributed by atoms with Gasteiger partial charge >= 0.3 is 0 Å². The van der Waals surface area contributed by atoms with Crippen LogP contribution in [0.5, 0.6) is 5.75 Å². The number of aryl methyl sites for hydroxylation is 1. The Kier molecular flexibility index (Phi) is 7.93. The maximum Gasteiger partial charge on any atom is 0.255 e. The molecule has 3 aromatic carbocycles. The van der Waals surface area contributed by atoms with Gasteiger partial charge < -0.3 is 15.4 Å². The lowest BCUT2D eigenvalue weighted by Crippen LogP contribution is -2.14. The van der Waals surface area contributed by atoms with Crippen LogP contribution in [-0.4, -0.2) is 18.4 Å². The summed E-state index contributed by atoms with van der Waals surface area (Å²) in [6, 6.07) is 19.4. The monoisotopic (exact) mass is 456 g/mol. The van der Waals surface area contributed by atoms with E-state index in [9.17, 15) is 9.59 Å². The van der Waals surface area contributed by atoms with Crippen molar-refractivity contribution in [2.24, 2.45) is 0 Å². The van der Waals surface area contributed by atoms with Gasteiger partial charge in [-0.25, -0.2) is 0 Å². The highest BCUT2D eigenvalue weighted by Gasteiger charge is 2.08. The largest absolute Gasteiger partial charge is 0.492 e. The summed E-state index contributed by atoms with van der Waals surface area (Å²) in [6.07, 6.45) is 0.840. The Morgan fingerprint density at radius 3 is 2.29 bits per heavy atom. The van der Waals surface area contributed by atoms with Crippen LogP contribution in [0.4, 0.5) is 11.4 Å². The summed E-state index contributed by atoms with van der Waals surface area (Å²) in [5.74, 6) is 0.235. The predicted octanol–water partition coefficient (Wildman–Crippen LogP) is 6.35. The van der Waals surface area contributed by atoms with E-state index in [1.165, 1.54) is 0 Å². The number of anilines is 2. The zero-order valence-corrected chi connectivity index (χ0v) is 18.5. The molecule has 0 fully saturated rings. The predicted molar refractivity (Wildman–Crippen MR) is 125 cm³/mol. The summed E-state index contributed by atoms with van der Waals surface area (Å²) in [6.45, 7) is 2.30. The second kappa shape index (κ2) is 10.8.